The number of carboxylic acid groups (broad SMARTS) is 1. The second kappa shape index (κ2) is 7.97. The molecule has 0 aliphatic heterocycles. The van der Waals surface area contributed by atoms with E-state index >= 15 is 0 Å². The fraction of sp³-hybridized carbons (Fsp3) is 0.400. The van der Waals surface area contributed by atoms with Crippen molar-refractivity contribution in [2.75, 3.05) is 6.16 Å². The van der Waals surface area contributed by atoms with Crippen molar-refractivity contribution in [2.45, 2.75) is 25.0 Å². The van der Waals surface area contributed by atoms with E-state index in [9.17, 15) is 14.3 Å². The molecule has 0 amide bonds. The number of benzene rings is 1. The van der Waals surface area contributed by atoms with Crippen molar-refractivity contribution in [3.8, 4) is 0 Å². The minimum Gasteiger partial charge on any atom is -0.481 e. The van der Waals surface area contributed by atoms with Crippen LogP contribution in [0.3, 0.4) is 0 Å². The summed E-state index contributed by atoms with van der Waals surface area (Å²) in [6, 6.07) is 7.86. The predicted octanol–water partition coefficient (Wildman–Crippen LogP) is 2.56. The minimum absolute atomic E-state index is 0. The second-order valence-electron chi connectivity index (χ2n) is 5.51. The van der Waals surface area contributed by atoms with E-state index in [1.54, 1.807) is 0 Å². The van der Waals surface area contributed by atoms with E-state index in [1.165, 1.54) is 0 Å². The van der Waals surface area contributed by atoms with Crippen LogP contribution in [0, 0.1) is 0 Å². The Balaban J connectivity index is 0.00000264. The number of carbonyl (C=O) groups is 1. The number of aliphatic carboxylic acids is 1. The molecule has 0 fully saturated rings. The van der Waals surface area contributed by atoms with Crippen LogP contribution >= 0.6 is 19.8 Å². The van der Waals surface area contributed by atoms with E-state index in [-0.39, 0.29) is 31.4 Å². The molecule has 0 spiro atoms. The van der Waals surface area contributed by atoms with Crippen molar-refractivity contribution in [2.24, 2.45) is 12.8 Å². The summed E-state index contributed by atoms with van der Waals surface area (Å²) in [7, 11) is -1.64. The number of fused-ring (bicyclic) bond motifs is 1. The summed E-state index contributed by atoms with van der Waals surface area (Å²) in [5.41, 5.74) is 7.77. The first-order chi connectivity index (χ1) is 10.3. The lowest BCUT2D eigenvalue weighted by Crippen LogP contribution is -2.23. The number of aromatic nitrogens is 1. The van der Waals surface area contributed by atoms with Crippen LogP contribution < -0.4 is 5.73 Å². The fourth-order valence-electron chi connectivity index (χ4n) is 2.54. The highest BCUT2D eigenvalue weighted by atomic mass is 35.5. The Hall–Kier alpha value is -1.33. The average molecular weight is 361 g/mol. The third-order valence-electron chi connectivity index (χ3n) is 3.85. The van der Waals surface area contributed by atoms with Crippen LogP contribution in [0.15, 0.2) is 30.5 Å². The van der Waals surface area contributed by atoms with E-state index in [1.807, 2.05) is 42.1 Å². The van der Waals surface area contributed by atoms with Crippen molar-refractivity contribution < 1.29 is 19.4 Å². The van der Waals surface area contributed by atoms with Gasteiger partial charge >= 0.3 is 5.97 Å². The lowest BCUT2D eigenvalue weighted by Gasteiger charge is -2.18. The Morgan fingerprint density at radius 1 is 1.39 bits per heavy atom. The molecule has 4 N–H and O–H groups in total. The molecule has 0 aliphatic carbocycles. The molecule has 23 heavy (non-hydrogen) atoms. The maximum Gasteiger partial charge on any atom is 0.303 e. The molecule has 1 aromatic heterocycles. The van der Waals surface area contributed by atoms with Crippen LogP contribution in [0.5, 0.6) is 0 Å². The first-order valence-corrected chi connectivity index (χ1v) is 9.04. The van der Waals surface area contributed by atoms with E-state index < -0.39 is 19.1 Å². The van der Waals surface area contributed by atoms with Gasteiger partial charge in [-0.1, -0.05) is 18.2 Å². The van der Waals surface area contributed by atoms with Crippen LogP contribution in [0.2, 0.25) is 0 Å². The molecule has 2 aromatic rings. The van der Waals surface area contributed by atoms with Crippen LogP contribution in [-0.2, 0) is 22.8 Å². The summed E-state index contributed by atoms with van der Waals surface area (Å²) < 4.78 is 14.3. The zero-order chi connectivity index (χ0) is 16.3. The maximum atomic E-state index is 12.3. The zero-order valence-corrected chi connectivity index (χ0v) is 14.6. The van der Waals surface area contributed by atoms with Gasteiger partial charge in [-0.05, 0) is 24.5 Å². The Morgan fingerprint density at radius 3 is 2.70 bits per heavy atom. The summed E-state index contributed by atoms with van der Waals surface area (Å²) in [5, 5.41) is 9.69. The quantitative estimate of drug-likeness (QED) is 0.658. The minimum atomic E-state index is -3.57. The molecule has 0 radical (unpaired) electrons. The summed E-state index contributed by atoms with van der Waals surface area (Å²) in [6.07, 6.45) is 2.27. The van der Waals surface area contributed by atoms with Gasteiger partial charge < -0.3 is 20.3 Å². The summed E-state index contributed by atoms with van der Waals surface area (Å²) >= 11 is 0. The van der Waals surface area contributed by atoms with Gasteiger partial charge in [0.15, 0.2) is 0 Å². The molecule has 0 aliphatic rings. The van der Waals surface area contributed by atoms with Gasteiger partial charge in [-0.15, -0.1) is 12.4 Å². The van der Waals surface area contributed by atoms with Crippen LogP contribution in [0.25, 0.3) is 10.9 Å². The molecule has 8 heteroatoms. The molecule has 2 unspecified atom stereocenters. The van der Waals surface area contributed by atoms with Gasteiger partial charge in [0, 0.05) is 36.7 Å². The lowest BCUT2D eigenvalue weighted by molar-refractivity contribution is -0.137. The number of halogens is 1. The largest absolute Gasteiger partial charge is 0.481 e. The van der Waals surface area contributed by atoms with E-state index in [0.29, 0.717) is 6.42 Å². The number of para-hydroxylation sites is 1. The molecular weight excluding hydrogens is 339 g/mol. The number of hydrogen-bond acceptors (Lipinski definition) is 3. The highest BCUT2D eigenvalue weighted by molar-refractivity contribution is 7.58. The predicted molar refractivity (Wildman–Crippen MR) is 93.4 cm³/mol. The van der Waals surface area contributed by atoms with Crippen molar-refractivity contribution in [1.29, 1.82) is 0 Å². The van der Waals surface area contributed by atoms with Crippen LogP contribution in [0.1, 0.15) is 18.4 Å². The molecule has 1 heterocycles. The molecule has 2 rings (SSSR count). The third-order valence-corrected chi connectivity index (χ3v) is 6.01. The molecule has 6 nitrogen and oxygen atoms in total. The van der Waals surface area contributed by atoms with Gasteiger partial charge in [0.2, 0.25) is 7.37 Å². The van der Waals surface area contributed by atoms with Crippen molar-refractivity contribution in [1.82, 2.24) is 4.57 Å². The number of nitrogens with zero attached hydrogens (tertiary/aromatic N) is 1. The molecule has 0 bridgehead atoms. The Kier molecular flexibility index (Phi) is 6.84. The number of aryl methyl sites for hydroxylation is 2. The molecule has 0 saturated heterocycles. The van der Waals surface area contributed by atoms with Gasteiger partial charge in [-0.25, -0.2) is 0 Å². The zero-order valence-electron chi connectivity index (χ0n) is 12.9. The van der Waals surface area contributed by atoms with E-state index in [0.717, 1.165) is 16.5 Å². The number of nitrogens with two attached hydrogens (primary N) is 1. The number of hydrogen-bond donors (Lipinski definition) is 3. The van der Waals surface area contributed by atoms with Gasteiger partial charge in [-0.3, -0.25) is 9.36 Å². The monoisotopic (exact) mass is 360 g/mol. The number of rotatable bonds is 7. The van der Waals surface area contributed by atoms with E-state index in [4.69, 9.17) is 10.8 Å². The van der Waals surface area contributed by atoms with Crippen LogP contribution in [0.4, 0.5) is 0 Å². The molecule has 128 valence electrons. The SMILES string of the molecule is Cl.Cn1cc(CCP(=O)(O)C(N)CCC(=O)O)c2ccccc21. The summed E-state index contributed by atoms with van der Waals surface area (Å²) in [6.45, 7) is 0. The maximum absolute atomic E-state index is 12.3. The Bertz CT molecular complexity index is 731. The van der Waals surface area contributed by atoms with E-state index in [2.05, 4.69) is 0 Å². The van der Waals surface area contributed by atoms with Crippen molar-refractivity contribution in [3.63, 3.8) is 0 Å². The smallest absolute Gasteiger partial charge is 0.303 e. The Morgan fingerprint density at radius 2 is 2.04 bits per heavy atom. The van der Waals surface area contributed by atoms with Gasteiger partial charge in [0.25, 0.3) is 0 Å². The van der Waals surface area contributed by atoms with Crippen LogP contribution in [-0.4, -0.2) is 32.5 Å². The standard InChI is InChI=1S/C15H21N2O4P.ClH/c1-17-10-11(12-4-2-3-5-13(12)17)8-9-22(20,21)14(16)6-7-15(18)19;/h2-5,10,14H,6-9,16H2,1H3,(H,18,19)(H,20,21);1H. The summed E-state index contributed by atoms with van der Waals surface area (Å²) in [5.74, 6) is -2.00. The molecule has 2 atom stereocenters. The molecule has 1 aromatic carbocycles. The summed E-state index contributed by atoms with van der Waals surface area (Å²) in [4.78, 5) is 20.6. The topological polar surface area (TPSA) is 106 Å². The van der Waals surface area contributed by atoms with Gasteiger partial charge in [0.05, 0.1) is 5.78 Å². The second-order valence-corrected chi connectivity index (χ2v) is 8.13. The lowest BCUT2D eigenvalue weighted by atomic mass is 10.1. The van der Waals surface area contributed by atoms with Gasteiger partial charge in [-0.2, -0.15) is 0 Å². The first kappa shape index (κ1) is 19.7. The van der Waals surface area contributed by atoms with Crippen molar-refractivity contribution in [3.05, 3.63) is 36.0 Å². The average Bonchev–Trinajstić information content (AvgIpc) is 2.80. The highest BCUT2D eigenvalue weighted by Crippen LogP contribution is 2.46. The van der Waals surface area contributed by atoms with Gasteiger partial charge in [0.1, 0.15) is 0 Å². The highest BCUT2D eigenvalue weighted by Gasteiger charge is 2.28. The third kappa shape index (κ3) is 4.82. The first-order valence-electron chi connectivity index (χ1n) is 7.13. The normalized spacial score (nSPS) is 14.9. The Labute approximate surface area is 141 Å². The molecule has 0 saturated carbocycles. The van der Waals surface area contributed by atoms with Crippen molar-refractivity contribution >= 4 is 36.6 Å². The number of carboxylic acids is 1. The fourth-order valence-corrected chi connectivity index (χ4v) is 3.97. The molecular formula is C15H22ClN2O4P.